The summed E-state index contributed by atoms with van der Waals surface area (Å²) in [7, 11) is 1.68. The molecule has 1 saturated heterocycles. The Balaban J connectivity index is 2.03. The van der Waals surface area contributed by atoms with Crippen LogP contribution in [0.3, 0.4) is 0 Å². The number of methoxy groups -OCH3 is 1. The van der Waals surface area contributed by atoms with Crippen molar-refractivity contribution in [1.29, 1.82) is 0 Å². The Bertz CT molecular complexity index is 715. The molecule has 1 fully saturated rings. The van der Waals surface area contributed by atoms with Gasteiger partial charge in [-0.15, -0.1) is 0 Å². The monoisotopic (exact) mass is 418 g/mol. The first kappa shape index (κ1) is 19.2. The van der Waals surface area contributed by atoms with Crippen LogP contribution in [0.25, 0.3) is 0 Å². The first-order valence-electron chi connectivity index (χ1n) is 9.24. The molecule has 0 aliphatic carbocycles. The van der Waals surface area contributed by atoms with Crippen molar-refractivity contribution in [2.24, 2.45) is 0 Å². The van der Waals surface area contributed by atoms with Gasteiger partial charge in [0, 0.05) is 24.1 Å². The molecule has 140 valence electrons. The summed E-state index contributed by atoms with van der Waals surface area (Å²) >= 11 is 3.63. The van der Waals surface area contributed by atoms with Gasteiger partial charge in [-0.25, -0.2) is 0 Å². The van der Waals surface area contributed by atoms with Crippen molar-refractivity contribution in [3.8, 4) is 11.5 Å². The first-order valence-corrected chi connectivity index (χ1v) is 10.0. The molecule has 1 unspecified atom stereocenters. The maximum absolute atomic E-state index is 5.83. The third-order valence-corrected chi connectivity index (χ3v) is 5.20. The second-order valence-corrected chi connectivity index (χ2v) is 7.36. The van der Waals surface area contributed by atoms with Crippen molar-refractivity contribution < 1.29 is 9.47 Å². The van der Waals surface area contributed by atoms with Crippen LogP contribution in [0.1, 0.15) is 30.5 Å². The highest BCUT2D eigenvalue weighted by atomic mass is 79.9. The van der Waals surface area contributed by atoms with Crippen LogP contribution in [0.2, 0.25) is 0 Å². The van der Waals surface area contributed by atoms with Gasteiger partial charge in [0.1, 0.15) is 0 Å². The van der Waals surface area contributed by atoms with Gasteiger partial charge in [-0.1, -0.05) is 34.1 Å². The van der Waals surface area contributed by atoms with Crippen LogP contribution in [0.4, 0.5) is 0 Å². The van der Waals surface area contributed by atoms with Gasteiger partial charge in [0.15, 0.2) is 11.5 Å². The lowest BCUT2D eigenvalue weighted by Gasteiger charge is -2.32. The number of nitrogens with zero attached hydrogens (tertiary/aromatic N) is 1. The molecular weight excluding hydrogens is 392 g/mol. The topological polar surface area (TPSA) is 33.7 Å². The third kappa shape index (κ3) is 4.58. The van der Waals surface area contributed by atoms with Gasteiger partial charge in [0.25, 0.3) is 0 Å². The molecule has 0 amide bonds. The molecule has 5 heteroatoms. The van der Waals surface area contributed by atoms with E-state index >= 15 is 0 Å². The summed E-state index contributed by atoms with van der Waals surface area (Å²) in [6.45, 7) is 6.80. The summed E-state index contributed by atoms with van der Waals surface area (Å²) in [5.41, 5.74) is 2.52. The van der Waals surface area contributed by atoms with E-state index < -0.39 is 0 Å². The normalized spacial score (nSPS) is 16.7. The number of hydrogen-bond donors (Lipinski definition) is 1. The zero-order chi connectivity index (χ0) is 18.4. The van der Waals surface area contributed by atoms with Crippen molar-refractivity contribution in [3.63, 3.8) is 0 Å². The molecule has 1 N–H and O–H groups in total. The molecule has 0 saturated carbocycles. The molecule has 1 heterocycles. The summed E-state index contributed by atoms with van der Waals surface area (Å²) in [6.07, 6.45) is 1.15. The van der Waals surface area contributed by atoms with E-state index in [-0.39, 0.29) is 6.04 Å². The lowest BCUT2D eigenvalue weighted by molar-refractivity contribution is 0.239. The molecule has 1 aliphatic heterocycles. The SMILES string of the molecule is CCOc1cc(C(c2cccc(Br)c2)N2CCCNCC2)ccc1OC. The Hall–Kier alpha value is -1.56. The standard InChI is InChI=1S/C21H27BrN2O2/c1-3-26-20-15-17(8-9-19(20)25-2)21(16-6-4-7-18(22)14-16)24-12-5-10-23-11-13-24/h4,6-9,14-15,21,23H,3,5,10-13H2,1-2H3. The third-order valence-electron chi connectivity index (χ3n) is 4.71. The van der Waals surface area contributed by atoms with Gasteiger partial charge in [-0.2, -0.15) is 0 Å². The van der Waals surface area contributed by atoms with Crippen LogP contribution in [0.15, 0.2) is 46.9 Å². The van der Waals surface area contributed by atoms with E-state index in [1.807, 2.05) is 13.0 Å². The largest absolute Gasteiger partial charge is 0.493 e. The molecule has 0 spiro atoms. The Morgan fingerprint density at radius 2 is 1.92 bits per heavy atom. The summed E-state index contributed by atoms with van der Waals surface area (Å²) in [5, 5.41) is 3.50. The zero-order valence-corrected chi connectivity index (χ0v) is 17.1. The molecule has 1 atom stereocenters. The van der Waals surface area contributed by atoms with Crippen LogP contribution in [0.5, 0.6) is 11.5 Å². The van der Waals surface area contributed by atoms with Gasteiger partial charge in [0.2, 0.25) is 0 Å². The predicted molar refractivity (Wildman–Crippen MR) is 109 cm³/mol. The minimum atomic E-state index is 0.192. The maximum Gasteiger partial charge on any atom is 0.161 e. The Morgan fingerprint density at radius 3 is 2.69 bits per heavy atom. The fourth-order valence-electron chi connectivity index (χ4n) is 3.55. The Kier molecular flexibility index (Phi) is 6.94. The van der Waals surface area contributed by atoms with E-state index in [0.29, 0.717) is 6.61 Å². The van der Waals surface area contributed by atoms with Gasteiger partial charge < -0.3 is 14.8 Å². The van der Waals surface area contributed by atoms with E-state index in [1.165, 1.54) is 11.1 Å². The molecule has 0 aromatic heterocycles. The van der Waals surface area contributed by atoms with Crippen LogP contribution in [-0.2, 0) is 0 Å². The van der Waals surface area contributed by atoms with Crippen molar-refractivity contribution in [3.05, 3.63) is 58.1 Å². The number of benzene rings is 2. The van der Waals surface area contributed by atoms with Crippen molar-refractivity contribution in [1.82, 2.24) is 10.2 Å². The van der Waals surface area contributed by atoms with Crippen LogP contribution >= 0.6 is 15.9 Å². The fourth-order valence-corrected chi connectivity index (χ4v) is 3.96. The molecule has 0 bridgehead atoms. The summed E-state index contributed by atoms with van der Waals surface area (Å²) in [4.78, 5) is 2.55. The minimum Gasteiger partial charge on any atom is -0.493 e. The lowest BCUT2D eigenvalue weighted by atomic mass is 9.96. The quantitative estimate of drug-likeness (QED) is 0.760. The second-order valence-electron chi connectivity index (χ2n) is 6.44. The van der Waals surface area contributed by atoms with Gasteiger partial charge >= 0.3 is 0 Å². The average Bonchev–Trinajstić information content (AvgIpc) is 2.92. The predicted octanol–water partition coefficient (Wildman–Crippen LogP) is 4.24. The van der Waals surface area contributed by atoms with Crippen molar-refractivity contribution in [2.75, 3.05) is 39.9 Å². The lowest BCUT2D eigenvalue weighted by Crippen LogP contribution is -2.33. The average molecular weight is 419 g/mol. The number of halogens is 1. The Labute approximate surface area is 164 Å². The van der Waals surface area contributed by atoms with E-state index in [9.17, 15) is 0 Å². The maximum atomic E-state index is 5.83. The Morgan fingerprint density at radius 1 is 1.08 bits per heavy atom. The zero-order valence-electron chi connectivity index (χ0n) is 15.5. The molecular formula is C21H27BrN2O2. The van der Waals surface area contributed by atoms with Crippen molar-refractivity contribution >= 4 is 15.9 Å². The second kappa shape index (κ2) is 9.40. The fraction of sp³-hybridized carbons (Fsp3) is 0.429. The van der Waals surface area contributed by atoms with Crippen LogP contribution < -0.4 is 14.8 Å². The molecule has 4 nitrogen and oxygen atoms in total. The highest BCUT2D eigenvalue weighted by molar-refractivity contribution is 9.10. The summed E-state index contributed by atoms with van der Waals surface area (Å²) in [6, 6.07) is 15.1. The molecule has 2 aromatic rings. The van der Waals surface area contributed by atoms with E-state index in [0.717, 1.165) is 48.6 Å². The van der Waals surface area contributed by atoms with Crippen LogP contribution in [-0.4, -0.2) is 44.8 Å². The number of hydrogen-bond acceptors (Lipinski definition) is 4. The molecule has 2 aromatic carbocycles. The highest BCUT2D eigenvalue weighted by Crippen LogP contribution is 2.36. The highest BCUT2D eigenvalue weighted by Gasteiger charge is 2.24. The number of ether oxygens (including phenoxy) is 2. The minimum absolute atomic E-state index is 0.192. The molecule has 1 aliphatic rings. The van der Waals surface area contributed by atoms with Crippen molar-refractivity contribution in [2.45, 2.75) is 19.4 Å². The smallest absolute Gasteiger partial charge is 0.161 e. The molecule has 26 heavy (non-hydrogen) atoms. The molecule has 0 radical (unpaired) electrons. The van der Waals surface area contributed by atoms with Gasteiger partial charge in [-0.3, -0.25) is 4.90 Å². The van der Waals surface area contributed by atoms with E-state index in [4.69, 9.17) is 9.47 Å². The van der Waals surface area contributed by atoms with Gasteiger partial charge in [0.05, 0.1) is 19.8 Å². The van der Waals surface area contributed by atoms with E-state index in [1.54, 1.807) is 7.11 Å². The summed E-state index contributed by atoms with van der Waals surface area (Å²) < 4.78 is 12.4. The van der Waals surface area contributed by atoms with E-state index in [2.05, 4.69) is 62.5 Å². The number of nitrogens with one attached hydrogen (secondary N) is 1. The first-order chi connectivity index (χ1) is 12.7. The number of rotatable bonds is 6. The van der Waals surface area contributed by atoms with Gasteiger partial charge in [-0.05, 0) is 55.3 Å². The summed E-state index contributed by atoms with van der Waals surface area (Å²) in [5.74, 6) is 1.58. The van der Waals surface area contributed by atoms with Crippen LogP contribution in [0, 0.1) is 0 Å². The molecule has 3 rings (SSSR count).